The Labute approximate surface area is 183 Å². The summed E-state index contributed by atoms with van der Waals surface area (Å²) in [5.74, 6) is 0.00397. The van der Waals surface area contributed by atoms with Crippen molar-refractivity contribution >= 4 is 23.6 Å². The molecule has 0 spiro atoms. The average molecular weight is 441 g/mol. The van der Waals surface area contributed by atoms with Gasteiger partial charge in [0.2, 0.25) is 5.91 Å². The molecule has 0 atom stereocenters. The first-order valence-corrected chi connectivity index (χ1v) is 10.9. The highest BCUT2D eigenvalue weighted by atomic mass is 32.2. The van der Waals surface area contributed by atoms with Crippen LogP contribution in [0.3, 0.4) is 0 Å². The van der Waals surface area contributed by atoms with Gasteiger partial charge in [-0.05, 0) is 55.2 Å². The van der Waals surface area contributed by atoms with Gasteiger partial charge in [-0.15, -0.1) is 10.2 Å². The first-order chi connectivity index (χ1) is 15.1. The van der Waals surface area contributed by atoms with Crippen molar-refractivity contribution in [3.8, 4) is 17.1 Å². The highest BCUT2D eigenvalue weighted by Gasteiger charge is 2.23. The summed E-state index contributed by atoms with van der Waals surface area (Å²) in [6.07, 6.45) is 2.19. The van der Waals surface area contributed by atoms with E-state index in [0.29, 0.717) is 29.1 Å². The van der Waals surface area contributed by atoms with E-state index in [2.05, 4.69) is 15.5 Å². The molecule has 1 fully saturated rings. The van der Waals surface area contributed by atoms with Gasteiger partial charge in [0.15, 0.2) is 11.0 Å². The SMILES string of the molecule is O=C(CSc1nnc(-c2ccc(F)cc2)n1-c1ccccc1)NCC(=O)OCC1CC1. The van der Waals surface area contributed by atoms with Crippen LogP contribution in [0.15, 0.2) is 59.8 Å². The number of para-hydroxylation sites is 1. The number of amides is 1. The topological polar surface area (TPSA) is 86.1 Å². The standard InChI is InChI=1S/C22H21FN4O3S/c23-17-10-8-16(9-11-17)21-25-26-22(27(21)18-4-2-1-3-5-18)31-14-19(28)24-12-20(29)30-13-15-6-7-15/h1-5,8-11,15H,6-7,12-14H2,(H,24,28). The average Bonchev–Trinajstić information content (AvgIpc) is 3.53. The Morgan fingerprint density at radius 1 is 1.10 bits per heavy atom. The molecule has 1 N–H and O–H groups in total. The number of ether oxygens (including phenoxy) is 1. The van der Waals surface area contributed by atoms with Gasteiger partial charge >= 0.3 is 5.97 Å². The zero-order valence-corrected chi connectivity index (χ0v) is 17.5. The van der Waals surface area contributed by atoms with Crippen molar-refractivity contribution in [2.24, 2.45) is 5.92 Å². The third-order valence-electron chi connectivity index (χ3n) is 4.69. The number of esters is 1. The Morgan fingerprint density at radius 3 is 2.55 bits per heavy atom. The lowest BCUT2D eigenvalue weighted by molar-refractivity contribution is -0.144. The van der Waals surface area contributed by atoms with Gasteiger partial charge in [-0.25, -0.2) is 4.39 Å². The smallest absolute Gasteiger partial charge is 0.325 e. The molecule has 3 aromatic rings. The molecule has 1 aromatic heterocycles. The summed E-state index contributed by atoms with van der Waals surface area (Å²) < 4.78 is 20.3. The minimum absolute atomic E-state index is 0.0598. The molecule has 1 aliphatic carbocycles. The molecule has 0 unspecified atom stereocenters. The highest BCUT2D eigenvalue weighted by Crippen LogP contribution is 2.29. The van der Waals surface area contributed by atoms with E-state index < -0.39 is 5.97 Å². The summed E-state index contributed by atoms with van der Waals surface area (Å²) in [4.78, 5) is 23.9. The molecule has 1 saturated carbocycles. The summed E-state index contributed by atoms with van der Waals surface area (Å²) in [5, 5.41) is 11.6. The van der Waals surface area contributed by atoms with Gasteiger partial charge in [-0.1, -0.05) is 30.0 Å². The molecule has 0 bridgehead atoms. The molecule has 4 rings (SSSR count). The number of benzene rings is 2. The number of carbonyl (C=O) groups is 2. The number of nitrogens with zero attached hydrogens (tertiary/aromatic N) is 3. The number of rotatable bonds is 9. The monoisotopic (exact) mass is 440 g/mol. The fourth-order valence-corrected chi connectivity index (χ4v) is 3.64. The Hall–Kier alpha value is -3.20. The Kier molecular flexibility index (Phi) is 6.61. The predicted molar refractivity (Wildman–Crippen MR) is 114 cm³/mol. The lowest BCUT2D eigenvalue weighted by atomic mass is 10.2. The zero-order chi connectivity index (χ0) is 21.6. The lowest BCUT2D eigenvalue weighted by Crippen LogP contribution is -2.32. The van der Waals surface area contributed by atoms with Crippen molar-refractivity contribution in [2.75, 3.05) is 18.9 Å². The summed E-state index contributed by atoms with van der Waals surface area (Å²) in [6.45, 7) is 0.272. The molecular formula is C22H21FN4O3S. The zero-order valence-electron chi connectivity index (χ0n) is 16.7. The van der Waals surface area contributed by atoms with Crippen LogP contribution in [0.4, 0.5) is 4.39 Å². The van der Waals surface area contributed by atoms with E-state index in [-0.39, 0.29) is 24.0 Å². The lowest BCUT2D eigenvalue weighted by Gasteiger charge is -2.10. The number of hydrogen-bond donors (Lipinski definition) is 1. The molecule has 0 radical (unpaired) electrons. The van der Waals surface area contributed by atoms with Crippen LogP contribution in [0.25, 0.3) is 17.1 Å². The number of hydrogen-bond acceptors (Lipinski definition) is 6. The second kappa shape index (κ2) is 9.74. The number of thioether (sulfide) groups is 1. The van der Waals surface area contributed by atoms with Gasteiger partial charge in [-0.2, -0.15) is 0 Å². The van der Waals surface area contributed by atoms with E-state index in [0.717, 1.165) is 18.5 Å². The molecule has 1 heterocycles. The second-order valence-electron chi connectivity index (χ2n) is 7.18. The molecule has 1 amide bonds. The molecular weight excluding hydrogens is 419 g/mol. The fraction of sp³-hybridized carbons (Fsp3) is 0.273. The Bertz CT molecular complexity index is 1050. The summed E-state index contributed by atoms with van der Waals surface area (Å²) >= 11 is 1.20. The summed E-state index contributed by atoms with van der Waals surface area (Å²) in [6, 6.07) is 15.5. The van der Waals surface area contributed by atoms with Crippen LogP contribution in [-0.4, -0.2) is 45.5 Å². The number of carbonyl (C=O) groups excluding carboxylic acids is 2. The summed E-state index contributed by atoms with van der Waals surface area (Å²) in [7, 11) is 0. The molecule has 9 heteroatoms. The van der Waals surface area contributed by atoms with Crippen LogP contribution in [0.1, 0.15) is 12.8 Å². The highest BCUT2D eigenvalue weighted by molar-refractivity contribution is 7.99. The predicted octanol–water partition coefficient (Wildman–Crippen LogP) is 3.23. The molecule has 7 nitrogen and oxygen atoms in total. The normalized spacial score (nSPS) is 13.1. The minimum Gasteiger partial charge on any atom is -0.464 e. The van der Waals surface area contributed by atoms with Crippen molar-refractivity contribution in [2.45, 2.75) is 18.0 Å². The van der Waals surface area contributed by atoms with E-state index in [9.17, 15) is 14.0 Å². The third-order valence-corrected chi connectivity index (χ3v) is 5.62. The maximum atomic E-state index is 13.3. The van der Waals surface area contributed by atoms with E-state index >= 15 is 0 Å². The molecule has 0 saturated heterocycles. The first kappa shape index (κ1) is 21.0. The number of nitrogens with one attached hydrogen (secondary N) is 1. The van der Waals surface area contributed by atoms with Crippen molar-refractivity contribution in [3.63, 3.8) is 0 Å². The van der Waals surface area contributed by atoms with Gasteiger partial charge in [0.25, 0.3) is 0 Å². The van der Waals surface area contributed by atoms with Crippen LogP contribution in [0, 0.1) is 11.7 Å². The number of aromatic nitrogens is 3. The second-order valence-corrected chi connectivity index (χ2v) is 8.12. The minimum atomic E-state index is -0.434. The van der Waals surface area contributed by atoms with E-state index in [4.69, 9.17) is 4.74 Å². The van der Waals surface area contributed by atoms with Gasteiger partial charge in [-0.3, -0.25) is 14.2 Å². The van der Waals surface area contributed by atoms with Gasteiger partial charge in [0.1, 0.15) is 12.4 Å². The van der Waals surface area contributed by atoms with E-state index in [1.165, 1.54) is 23.9 Å². The third kappa shape index (κ3) is 5.69. The maximum absolute atomic E-state index is 13.3. The van der Waals surface area contributed by atoms with Crippen LogP contribution >= 0.6 is 11.8 Å². The van der Waals surface area contributed by atoms with Crippen molar-refractivity contribution < 1.29 is 18.7 Å². The number of halogens is 1. The summed E-state index contributed by atoms with van der Waals surface area (Å²) in [5.41, 5.74) is 1.52. The molecule has 31 heavy (non-hydrogen) atoms. The van der Waals surface area contributed by atoms with Gasteiger partial charge < -0.3 is 10.1 Å². The van der Waals surface area contributed by atoms with Gasteiger partial charge in [0, 0.05) is 11.3 Å². The van der Waals surface area contributed by atoms with Crippen molar-refractivity contribution in [1.29, 1.82) is 0 Å². The Balaban J connectivity index is 1.43. The van der Waals surface area contributed by atoms with E-state index in [1.54, 1.807) is 12.1 Å². The molecule has 2 aromatic carbocycles. The van der Waals surface area contributed by atoms with E-state index in [1.807, 2.05) is 34.9 Å². The largest absolute Gasteiger partial charge is 0.464 e. The maximum Gasteiger partial charge on any atom is 0.325 e. The fourth-order valence-electron chi connectivity index (χ4n) is 2.86. The first-order valence-electron chi connectivity index (χ1n) is 9.92. The van der Waals surface area contributed by atoms with Crippen molar-refractivity contribution in [3.05, 3.63) is 60.4 Å². The molecule has 0 aliphatic heterocycles. The molecule has 1 aliphatic rings. The van der Waals surface area contributed by atoms with Gasteiger partial charge in [0.05, 0.1) is 12.4 Å². The van der Waals surface area contributed by atoms with Crippen LogP contribution in [0.2, 0.25) is 0 Å². The Morgan fingerprint density at radius 2 is 1.84 bits per heavy atom. The quantitative estimate of drug-likeness (QED) is 0.406. The van der Waals surface area contributed by atoms with Crippen LogP contribution < -0.4 is 5.32 Å². The van der Waals surface area contributed by atoms with Crippen LogP contribution in [-0.2, 0) is 14.3 Å². The molecule has 160 valence electrons. The van der Waals surface area contributed by atoms with Crippen molar-refractivity contribution in [1.82, 2.24) is 20.1 Å². The van der Waals surface area contributed by atoms with Crippen LogP contribution in [0.5, 0.6) is 0 Å².